The molecule has 22 heavy (non-hydrogen) atoms. The summed E-state index contributed by atoms with van der Waals surface area (Å²) in [6, 6.07) is 5.28. The van der Waals surface area contributed by atoms with E-state index in [0.717, 1.165) is 6.42 Å². The van der Waals surface area contributed by atoms with Gasteiger partial charge < -0.3 is 19.7 Å². The van der Waals surface area contributed by atoms with Crippen molar-refractivity contribution in [2.45, 2.75) is 26.7 Å². The Morgan fingerprint density at radius 3 is 2.41 bits per heavy atom. The number of anilines is 1. The van der Waals surface area contributed by atoms with Crippen LogP contribution in [0.4, 0.5) is 5.69 Å². The van der Waals surface area contributed by atoms with Gasteiger partial charge in [-0.15, -0.1) is 0 Å². The number of hydrogen-bond acceptors (Lipinski definition) is 4. The Hall–Kier alpha value is -2.24. The summed E-state index contributed by atoms with van der Waals surface area (Å²) in [7, 11) is 3.11. The molecule has 1 N–H and O–H groups in total. The second kappa shape index (κ2) is 8.92. The minimum atomic E-state index is -0.100. The fraction of sp³-hybridized carbons (Fsp3) is 0.500. The fourth-order valence-corrected chi connectivity index (χ4v) is 2.08. The standard InChI is InChI=1S/C16H24N2O4/c1-5-6-16(20)17-9-10-18(12(2)19)13-7-8-14(21-3)15(11-13)22-4/h7-8,11H,5-6,9-10H2,1-4H3,(H,17,20). The van der Waals surface area contributed by atoms with Crippen LogP contribution in [0.15, 0.2) is 18.2 Å². The number of methoxy groups -OCH3 is 2. The quantitative estimate of drug-likeness (QED) is 0.797. The molecule has 1 aromatic rings. The van der Waals surface area contributed by atoms with Gasteiger partial charge in [0.15, 0.2) is 11.5 Å². The van der Waals surface area contributed by atoms with Crippen LogP contribution in [0.3, 0.4) is 0 Å². The summed E-state index contributed by atoms with van der Waals surface area (Å²) in [4.78, 5) is 24.9. The van der Waals surface area contributed by atoms with E-state index >= 15 is 0 Å². The van der Waals surface area contributed by atoms with Crippen molar-refractivity contribution in [3.8, 4) is 11.5 Å². The summed E-state index contributed by atoms with van der Waals surface area (Å²) >= 11 is 0. The zero-order valence-electron chi connectivity index (χ0n) is 13.6. The number of rotatable bonds is 8. The van der Waals surface area contributed by atoms with Crippen molar-refractivity contribution in [3.05, 3.63) is 18.2 Å². The highest BCUT2D eigenvalue weighted by atomic mass is 16.5. The lowest BCUT2D eigenvalue weighted by Crippen LogP contribution is -2.37. The largest absolute Gasteiger partial charge is 0.493 e. The Bertz CT molecular complexity index is 517. The molecule has 0 atom stereocenters. The Kier molecular flexibility index (Phi) is 7.22. The molecule has 0 heterocycles. The normalized spacial score (nSPS) is 10.0. The zero-order valence-corrected chi connectivity index (χ0v) is 13.6. The van der Waals surface area contributed by atoms with Gasteiger partial charge in [0.2, 0.25) is 11.8 Å². The molecule has 0 aliphatic carbocycles. The highest BCUT2D eigenvalue weighted by Gasteiger charge is 2.14. The minimum Gasteiger partial charge on any atom is -0.493 e. The van der Waals surface area contributed by atoms with Gasteiger partial charge in [0.1, 0.15) is 0 Å². The van der Waals surface area contributed by atoms with Gasteiger partial charge in [0.05, 0.1) is 14.2 Å². The number of ether oxygens (including phenoxy) is 2. The molecule has 1 rings (SSSR count). The maximum atomic E-state index is 11.8. The van der Waals surface area contributed by atoms with E-state index < -0.39 is 0 Å². The van der Waals surface area contributed by atoms with Gasteiger partial charge in [0, 0.05) is 38.2 Å². The molecular weight excluding hydrogens is 284 g/mol. The first-order valence-electron chi connectivity index (χ1n) is 7.30. The highest BCUT2D eigenvalue weighted by Crippen LogP contribution is 2.31. The van der Waals surface area contributed by atoms with Gasteiger partial charge in [-0.2, -0.15) is 0 Å². The maximum Gasteiger partial charge on any atom is 0.223 e. The van der Waals surface area contributed by atoms with Gasteiger partial charge in [-0.05, 0) is 18.6 Å². The summed E-state index contributed by atoms with van der Waals surface area (Å²) in [5.74, 6) is 1.06. The third kappa shape index (κ3) is 4.95. The van der Waals surface area contributed by atoms with Gasteiger partial charge in [-0.3, -0.25) is 9.59 Å². The van der Waals surface area contributed by atoms with Crippen LogP contribution in [0.2, 0.25) is 0 Å². The molecule has 1 aromatic carbocycles. The topological polar surface area (TPSA) is 67.9 Å². The highest BCUT2D eigenvalue weighted by molar-refractivity contribution is 5.92. The molecule has 6 heteroatoms. The SMILES string of the molecule is CCCC(=O)NCCN(C(C)=O)c1ccc(OC)c(OC)c1. The smallest absolute Gasteiger partial charge is 0.223 e. The average molecular weight is 308 g/mol. The Morgan fingerprint density at radius 2 is 1.86 bits per heavy atom. The van der Waals surface area contributed by atoms with Crippen LogP contribution in [0.1, 0.15) is 26.7 Å². The number of carbonyl (C=O) groups excluding carboxylic acids is 2. The lowest BCUT2D eigenvalue weighted by molar-refractivity contribution is -0.121. The van der Waals surface area contributed by atoms with Crippen LogP contribution in [0.25, 0.3) is 0 Å². The molecule has 0 aliphatic rings. The first-order chi connectivity index (χ1) is 10.5. The van der Waals surface area contributed by atoms with E-state index in [9.17, 15) is 9.59 Å². The second-order valence-corrected chi connectivity index (χ2v) is 4.81. The van der Waals surface area contributed by atoms with Crippen LogP contribution in [-0.2, 0) is 9.59 Å². The molecule has 0 fully saturated rings. The molecule has 0 spiro atoms. The van der Waals surface area contributed by atoms with Crippen LogP contribution in [0.5, 0.6) is 11.5 Å². The van der Waals surface area contributed by atoms with Gasteiger partial charge in [-0.1, -0.05) is 6.92 Å². The number of amides is 2. The van der Waals surface area contributed by atoms with Crippen LogP contribution in [0, 0.1) is 0 Å². The fourth-order valence-electron chi connectivity index (χ4n) is 2.08. The van der Waals surface area contributed by atoms with Gasteiger partial charge in [0.25, 0.3) is 0 Å². The first-order valence-corrected chi connectivity index (χ1v) is 7.30. The van der Waals surface area contributed by atoms with Crippen molar-refractivity contribution in [3.63, 3.8) is 0 Å². The predicted octanol–water partition coefficient (Wildman–Crippen LogP) is 1.97. The summed E-state index contributed by atoms with van der Waals surface area (Å²) < 4.78 is 10.4. The van der Waals surface area contributed by atoms with E-state index in [4.69, 9.17) is 9.47 Å². The lowest BCUT2D eigenvalue weighted by Gasteiger charge is -2.22. The molecule has 6 nitrogen and oxygen atoms in total. The molecule has 0 aromatic heterocycles. The number of nitrogens with zero attached hydrogens (tertiary/aromatic N) is 1. The van der Waals surface area contributed by atoms with E-state index in [1.807, 2.05) is 6.92 Å². The molecule has 2 amide bonds. The van der Waals surface area contributed by atoms with Crippen molar-refractivity contribution >= 4 is 17.5 Å². The van der Waals surface area contributed by atoms with Crippen molar-refractivity contribution in [1.29, 1.82) is 0 Å². The zero-order chi connectivity index (χ0) is 16.5. The predicted molar refractivity (Wildman–Crippen MR) is 85.5 cm³/mol. The summed E-state index contributed by atoms with van der Waals surface area (Å²) in [5, 5.41) is 2.80. The van der Waals surface area contributed by atoms with E-state index in [1.54, 1.807) is 37.3 Å². The van der Waals surface area contributed by atoms with E-state index in [1.165, 1.54) is 6.92 Å². The molecule has 0 saturated carbocycles. The van der Waals surface area contributed by atoms with Gasteiger partial charge >= 0.3 is 0 Å². The van der Waals surface area contributed by atoms with Crippen molar-refractivity contribution in [2.24, 2.45) is 0 Å². The molecule has 0 unspecified atom stereocenters. The van der Waals surface area contributed by atoms with Crippen molar-refractivity contribution < 1.29 is 19.1 Å². The molecule has 0 radical (unpaired) electrons. The summed E-state index contributed by atoms with van der Waals surface area (Å²) in [6.45, 7) is 4.25. The lowest BCUT2D eigenvalue weighted by atomic mass is 10.2. The molecule has 0 saturated heterocycles. The Balaban J connectivity index is 2.79. The minimum absolute atomic E-state index is 0.00156. The summed E-state index contributed by atoms with van der Waals surface area (Å²) in [5.41, 5.74) is 0.704. The monoisotopic (exact) mass is 308 g/mol. The number of hydrogen-bond donors (Lipinski definition) is 1. The first kappa shape index (κ1) is 17.8. The number of benzene rings is 1. The molecule has 122 valence electrons. The second-order valence-electron chi connectivity index (χ2n) is 4.81. The third-order valence-corrected chi connectivity index (χ3v) is 3.19. The van der Waals surface area contributed by atoms with E-state index in [2.05, 4.69) is 5.32 Å². The molecule has 0 aliphatic heterocycles. The average Bonchev–Trinajstić information content (AvgIpc) is 2.50. The van der Waals surface area contributed by atoms with E-state index in [0.29, 0.717) is 36.7 Å². The molecule has 0 bridgehead atoms. The van der Waals surface area contributed by atoms with Gasteiger partial charge in [-0.25, -0.2) is 0 Å². The van der Waals surface area contributed by atoms with Crippen molar-refractivity contribution in [2.75, 3.05) is 32.2 Å². The van der Waals surface area contributed by atoms with Crippen molar-refractivity contribution in [1.82, 2.24) is 5.32 Å². The summed E-state index contributed by atoms with van der Waals surface area (Å²) in [6.07, 6.45) is 1.30. The number of nitrogens with one attached hydrogen (secondary N) is 1. The maximum absolute atomic E-state index is 11.8. The Morgan fingerprint density at radius 1 is 1.18 bits per heavy atom. The van der Waals surface area contributed by atoms with Crippen LogP contribution in [-0.4, -0.2) is 39.1 Å². The third-order valence-electron chi connectivity index (χ3n) is 3.19. The van der Waals surface area contributed by atoms with Crippen LogP contribution >= 0.6 is 0 Å². The van der Waals surface area contributed by atoms with E-state index in [-0.39, 0.29) is 11.8 Å². The Labute approximate surface area is 131 Å². The van der Waals surface area contributed by atoms with Crippen LogP contribution < -0.4 is 19.7 Å². The molecular formula is C16H24N2O4. The number of carbonyl (C=O) groups is 2.